The molecule has 2 aromatic heterocycles. The average molecular weight is 654 g/mol. The highest BCUT2D eigenvalue weighted by molar-refractivity contribution is 6.36. The van der Waals surface area contributed by atoms with E-state index in [0.717, 1.165) is 72.5 Å². The lowest BCUT2D eigenvalue weighted by molar-refractivity contribution is 0.101. The third-order valence-electron chi connectivity index (χ3n) is 9.01. The summed E-state index contributed by atoms with van der Waals surface area (Å²) in [6.07, 6.45) is 3.71. The fraction of sp³-hybridized carbons (Fsp3) is 0.333. The molecule has 5 N–H and O–H groups in total. The van der Waals surface area contributed by atoms with Crippen molar-refractivity contribution in [2.24, 2.45) is 0 Å². The summed E-state index contributed by atoms with van der Waals surface area (Å²) in [7, 11) is 0. The number of nitrogens with one attached hydrogen (secondary N) is 4. The molecule has 2 amide bonds. The number of benzene rings is 2. The summed E-state index contributed by atoms with van der Waals surface area (Å²) in [4.78, 5) is 38.2. The molecule has 0 aliphatic carbocycles. The Morgan fingerprint density at radius 3 is 2.53 bits per heavy atom. The number of aliphatic hydroxyl groups is 1. The number of anilines is 2. The molecule has 1 saturated heterocycles. The lowest BCUT2D eigenvalue weighted by atomic mass is 9.97. The molecule has 1 fully saturated rings. The molecule has 2 aliphatic rings. The predicted molar refractivity (Wildman–Crippen MR) is 185 cm³/mol. The predicted octanol–water partition coefficient (Wildman–Crippen LogP) is 4.72. The maximum atomic E-state index is 13.5. The van der Waals surface area contributed by atoms with E-state index in [1.807, 2.05) is 49.4 Å². The van der Waals surface area contributed by atoms with Gasteiger partial charge in [0, 0.05) is 56.2 Å². The summed E-state index contributed by atoms with van der Waals surface area (Å²) in [6, 6.07) is 17.0. The van der Waals surface area contributed by atoms with E-state index in [9.17, 15) is 9.59 Å². The smallest absolute Gasteiger partial charge is 0.274 e. The van der Waals surface area contributed by atoms with Crippen LogP contribution in [-0.2, 0) is 19.5 Å². The van der Waals surface area contributed by atoms with Gasteiger partial charge in [0.2, 0.25) is 0 Å². The third-order valence-corrected chi connectivity index (χ3v) is 9.42. The zero-order chi connectivity index (χ0) is 32.9. The number of aliphatic hydroxyl groups excluding tert-OH is 1. The lowest BCUT2D eigenvalue weighted by Gasteiger charge is -2.33. The van der Waals surface area contributed by atoms with Gasteiger partial charge in [0.05, 0.1) is 23.0 Å². The van der Waals surface area contributed by atoms with Gasteiger partial charge in [-0.05, 0) is 85.3 Å². The third kappa shape index (κ3) is 7.37. The largest absolute Gasteiger partial charge is 0.395 e. The van der Waals surface area contributed by atoms with E-state index < -0.39 is 0 Å². The molecule has 244 valence electrons. The molecule has 2 aliphatic heterocycles. The van der Waals surface area contributed by atoms with Crippen molar-refractivity contribution in [1.82, 2.24) is 25.5 Å². The van der Waals surface area contributed by atoms with Crippen LogP contribution < -0.4 is 21.3 Å². The van der Waals surface area contributed by atoms with Crippen LogP contribution in [0.5, 0.6) is 0 Å². The van der Waals surface area contributed by atoms with Crippen LogP contribution in [0.15, 0.2) is 60.8 Å². The number of rotatable bonds is 10. The number of carbonyl (C=O) groups excluding carboxylic acids is 2. The Labute approximate surface area is 280 Å². The summed E-state index contributed by atoms with van der Waals surface area (Å²) in [6.45, 7) is 8.85. The first-order valence-electron chi connectivity index (χ1n) is 16.0. The number of aryl methyl sites for hydroxylation is 1. The van der Waals surface area contributed by atoms with Gasteiger partial charge in [-0.25, -0.2) is 4.98 Å². The molecule has 1 unspecified atom stereocenters. The van der Waals surface area contributed by atoms with Gasteiger partial charge in [-0.1, -0.05) is 41.9 Å². The molecule has 0 bridgehead atoms. The normalized spacial score (nSPS) is 16.1. The van der Waals surface area contributed by atoms with E-state index in [1.165, 1.54) is 5.56 Å². The van der Waals surface area contributed by atoms with Crippen molar-refractivity contribution in [2.45, 2.75) is 45.8 Å². The van der Waals surface area contributed by atoms with E-state index in [-0.39, 0.29) is 24.1 Å². The SMILES string of the molecule is Cc1cc(C(=O)Nc2cccc(-c3cccc(NC(=O)c4ccc(CNCCO)cn4)c3C)c2Cl)nc2c1CCN(C1CCNC1)C2. The van der Waals surface area contributed by atoms with Gasteiger partial charge in [-0.3, -0.25) is 19.5 Å². The molecule has 6 rings (SSSR count). The van der Waals surface area contributed by atoms with Crippen molar-refractivity contribution in [1.29, 1.82) is 0 Å². The number of aromatic nitrogens is 2. The van der Waals surface area contributed by atoms with Crippen molar-refractivity contribution in [3.05, 3.63) is 105 Å². The van der Waals surface area contributed by atoms with Crippen LogP contribution in [-0.4, -0.2) is 70.6 Å². The van der Waals surface area contributed by atoms with Crippen molar-refractivity contribution in [3.63, 3.8) is 0 Å². The average Bonchev–Trinajstić information content (AvgIpc) is 3.62. The van der Waals surface area contributed by atoms with Gasteiger partial charge in [0.15, 0.2) is 0 Å². The number of hydrogen-bond acceptors (Lipinski definition) is 8. The highest BCUT2D eigenvalue weighted by atomic mass is 35.5. The number of nitrogens with zero attached hydrogens (tertiary/aromatic N) is 3. The summed E-state index contributed by atoms with van der Waals surface area (Å²) in [5, 5.41) is 21.8. The zero-order valence-electron chi connectivity index (χ0n) is 26.7. The Kier molecular flexibility index (Phi) is 10.2. The van der Waals surface area contributed by atoms with Gasteiger partial charge < -0.3 is 26.4 Å². The molecular formula is C36H40ClN7O3. The number of carbonyl (C=O) groups is 2. The molecule has 10 nitrogen and oxygen atoms in total. The van der Waals surface area contributed by atoms with Crippen LogP contribution in [0.3, 0.4) is 0 Å². The minimum absolute atomic E-state index is 0.0562. The first-order chi connectivity index (χ1) is 22.8. The number of halogens is 1. The summed E-state index contributed by atoms with van der Waals surface area (Å²) in [5.41, 5.74) is 8.37. The number of pyridine rings is 2. The lowest BCUT2D eigenvalue weighted by Crippen LogP contribution is -2.41. The minimum atomic E-state index is -0.330. The Hall–Kier alpha value is -4.19. The Morgan fingerprint density at radius 1 is 1.02 bits per heavy atom. The van der Waals surface area contributed by atoms with Crippen molar-refractivity contribution in [2.75, 3.05) is 43.4 Å². The molecule has 4 aromatic rings. The summed E-state index contributed by atoms with van der Waals surface area (Å²) in [5.74, 6) is -0.641. The minimum Gasteiger partial charge on any atom is -0.395 e. The van der Waals surface area contributed by atoms with Crippen LogP contribution in [0.25, 0.3) is 11.1 Å². The zero-order valence-corrected chi connectivity index (χ0v) is 27.5. The van der Waals surface area contributed by atoms with Gasteiger partial charge >= 0.3 is 0 Å². The Bertz CT molecular complexity index is 1770. The van der Waals surface area contributed by atoms with Gasteiger partial charge in [-0.2, -0.15) is 0 Å². The van der Waals surface area contributed by atoms with Gasteiger partial charge in [0.1, 0.15) is 11.4 Å². The van der Waals surface area contributed by atoms with Crippen LogP contribution in [0.4, 0.5) is 11.4 Å². The van der Waals surface area contributed by atoms with Crippen LogP contribution >= 0.6 is 11.6 Å². The van der Waals surface area contributed by atoms with E-state index in [1.54, 1.807) is 18.3 Å². The van der Waals surface area contributed by atoms with Crippen molar-refractivity contribution >= 4 is 34.8 Å². The van der Waals surface area contributed by atoms with Crippen molar-refractivity contribution < 1.29 is 14.7 Å². The molecule has 47 heavy (non-hydrogen) atoms. The Balaban J connectivity index is 1.17. The number of fused-ring (bicyclic) bond motifs is 1. The van der Waals surface area contributed by atoms with Gasteiger partial charge in [-0.15, -0.1) is 0 Å². The van der Waals surface area contributed by atoms with E-state index in [4.69, 9.17) is 21.7 Å². The van der Waals surface area contributed by atoms with E-state index in [2.05, 4.69) is 38.1 Å². The molecule has 11 heteroatoms. The van der Waals surface area contributed by atoms with Crippen LogP contribution in [0.1, 0.15) is 55.3 Å². The second kappa shape index (κ2) is 14.7. The fourth-order valence-electron chi connectivity index (χ4n) is 6.39. The molecule has 4 heterocycles. The first-order valence-corrected chi connectivity index (χ1v) is 16.4. The van der Waals surface area contributed by atoms with E-state index in [0.29, 0.717) is 41.2 Å². The summed E-state index contributed by atoms with van der Waals surface area (Å²) < 4.78 is 0. The first kappa shape index (κ1) is 32.7. The summed E-state index contributed by atoms with van der Waals surface area (Å²) >= 11 is 6.94. The molecule has 2 aromatic carbocycles. The number of amides is 2. The number of hydrogen-bond donors (Lipinski definition) is 5. The van der Waals surface area contributed by atoms with E-state index >= 15 is 0 Å². The Morgan fingerprint density at radius 2 is 1.79 bits per heavy atom. The van der Waals surface area contributed by atoms with Crippen LogP contribution in [0.2, 0.25) is 5.02 Å². The fourth-order valence-corrected chi connectivity index (χ4v) is 6.67. The second-order valence-electron chi connectivity index (χ2n) is 12.1. The quantitative estimate of drug-likeness (QED) is 0.156. The standard InChI is InChI=1S/C36H40ClN7O3/c1-22-17-32(41-33-21-44(15-12-26(22)33)25-11-13-38-20-25)36(47)43-30-8-4-6-28(34(30)37)27-5-3-7-29(23(27)2)42-35(46)31-10-9-24(19-40-31)18-39-14-16-45/h3-10,17,19,25,38-39,45H,11-16,18,20-21H2,1-2H3,(H,42,46)(H,43,47). The maximum absolute atomic E-state index is 13.5. The molecular weight excluding hydrogens is 614 g/mol. The highest BCUT2D eigenvalue weighted by Crippen LogP contribution is 2.37. The monoisotopic (exact) mass is 653 g/mol. The second-order valence-corrected chi connectivity index (χ2v) is 12.5. The molecule has 1 atom stereocenters. The topological polar surface area (TPSA) is 132 Å². The molecule has 0 saturated carbocycles. The highest BCUT2D eigenvalue weighted by Gasteiger charge is 2.28. The maximum Gasteiger partial charge on any atom is 0.274 e. The van der Waals surface area contributed by atoms with Gasteiger partial charge in [0.25, 0.3) is 11.8 Å². The molecule has 0 radical (unpaired) electrons. The van der Waals surface area contributed by atoms with Crippen LogP contribution in [0, 0.1) is 13.8 Å². The molecule has 0 spiro atoms. The van der Waals surface area contributed by atoms with Crippen molar-refractivity contribution in [3.8, 4) is 11.1 Å².